The molecule has 0 saturated carbocycles. The summed E-state index contributed by atoms with van der Waals surface area (Å²) in [5, 5.41) is 4.60. The summed E-state index contributed by atoms with van der Waals surface area (Å²) < 4.78 is 17.7. The average Bonchev–Trinajstić information content (AvgIpc) is 3.79. The maximum absolute atomic E-state index is 6.72. The molecule has 4 heterocycles. The van der Waals surface area contributed by atoms with Gasteiger partial charge in [-0.2, -0.15) is 6.07 Å². The molecular formula is C42H27BN4O2Pt. The first-order valence-electron chi connectivity index (χ1n) is 16.3. The Morgan fingerprint density at radius 3 is 1.96 bits per heavy atom. The summed E-state index contributed by atoms with van der Waals surface area (Å²) in [7, 11) is 1.67. The van der Waals surface area contributed by atoms with Gasteiger partial charge in [-0.25, -0.2) is 4.98 Å². The van der Waals surface area contributed by atoms with Crippen LogP contribution in [0.3, 0.4) is 0 Å². The second-order valence-electron chi connectivity index (χ2n) is 12.3. The van der Waals surface area contributed by atoms with Crippen LogP contribution in [0.5, 0.6) is 17.2 Å². The van der Waals surface area contributed by atoms with Crippen molar-refractivity contribution in [3.63, 3.8) is 0 Å². The van der Waals surface area contributed by atoms with Gasteiger partial charge in [0, 0.05) is 34.0 Å². The van der Waals surface area contributed by atoms with Gasteiger partial charge in [0.15, 0.2) is 0 Å². The molecular weight excluding hydrogens is 798 g/mol. The summed E-state index contributed by atoms with van der Waals surface area (Å²) in [4.78, 5) is 6.82. The fourth-order valence-corrected chi connectivity index (χ4v) is 7.29. The van der Waals surface area contributed by atoms with E-state index in [1.165, 1.54) is 10.8 Å². The second kappa shape index (κ2) is 12.0. The van der Waals surface area contributed by atoms with E-state index in [4.69, 9.17) is 9.39 Å². The predicted octanol–water partition coefficient (Wildman–Crippen LogP) is 8.89. The number of aromatic nitrogens is 3. The smallest absolute Gasteiger partial charge is 0.537 e. The van der Waals surface area contributed by atoms with Gasteiger partial charge in [-0.3, -0.25) is 0 Å². The van der Waals surface area contributed by atoms with Gasteiger partial charge in [0.2, 0.25) is 0 Å². The number of anilines is 1. The van der Waals surface area contributed by atoms with Crippen LogP contribution in [-0.4, -0.2) is 28.2 Å². The van der Waals surface area contributed by atoms with Crippen molar-refractivity contribution in [3.8, 4) is 28.8 Å². The third-order valence-electron chi connectivity index (χ3n) is 9.44. The standard InChI is InChI=1S/C42H27BN4O2.Pt/c1-45-39-18-8-9-19-41(39)49-43(45)28-24-29(46-36-15-5-2-12-32(36)33-13-3-6-16-37(33)46)26-31(25-28)48-30-21-22-35-34-14-4-7-17-38(34)47(40(35)27-30)42-20-10-11-23-44-42;/h2-24,26H,1H3;/q-2;+2. The molecule has 0 radical (unpaired) electrons. The SMILES string of the molecule is CN1B(c2[c-]c(Oc3[c-]c4c(cc3)c3ccccc3n4-c3ccccn3)cc(-n3c4ccccc4c4ccccc43)c2)Oc2ccccc21.[Pt+2]. The minimum Gasteiger partial charge on any atom is -0.537 e. The molecule has 240 valence electrons. The van der Waals surface area contributed by atoms with Gasteiger partial charge in [-0.05, 0) is 54.9 Å². The van der Waals surface area contributed by atoms with E-state index in [2.05, 4.69) is 135 Å². The molecule has 3 aromatic heterocycles. The Labute approximate surface area is 303 Å². The van der Waals surface area contributed by atoms with Crippen molar-refractivity contribution in [3.05, 3.63) is 158 Å². The minimum atomic E-state index is -0.383. The molecule has 1 aliphatic heterocycles. The van der Waals surface area contributed by atoms with Crippen molar-refractivity contribution in [2.75, 3.05) is 11.9 Å². The van der Waals surface area contributed by atoms with E-state index < -0.39 is 0 Å². The summed E-state index contributed by atoms with van der Waals surface area (Å²) in [6.07, 6.45) is 1.81. The summed E-state index contributed by atoms with van der Waals surface area (Å²) >= 11 is 0. The summed E-state index contributed by atoms with van der Waals surface area (Å²) in [6.45, 7) is 0. The van der Waals surface area contributed by atoms with Crippen molar-refractivity contribution in [2.45, 2.75) is 0 Å². The van der Waals surface area contributed by atoms with Crippen LogP contribution in [0.1, 0.15) is 0 Å². The quantitative estimate of drug-likeness (QED) is 0.129. The number of ether oxygens (including phenoxy) is 1. The molecule has 6 nitrogen and oxygen atoms in total. The monoisotopic (exact) mass is 825 g/mol. The van der Waals surface area contributed by atoms with Gasteiger partial charge in [0.05, 0.1) is 16.7 Å². The average molecular weight is 826 g/mol. The van der Waals surface area contributed by atoms with Crippen molar-refractivity contribution < 1.29 is 30.5 Å². The molecule has 0 amide bonds. The van der Waals surface area contributed by atoms with Crippen LogP contribution in [0.15, 0.2) is 146 Å². The van der Waals surface area contributed by atoms with E-state index in [0.717, 1.165) is 61.2 Å². The normalized spacial score (nSPS) is 12.4. The molecule has 50 heavy (non-hydrogen) atoms. The Bertz CT molecular complexity index is 2670. The van der Waals surface area contributed by atoms with Gasteiger partial charge in [0.1, 0.15) is 11.6 Å². The zero-order valence-corrected chi connectivity index (χ0v) is 29.1. The predicted molar refractivity (Wildman–Crippen MR) is 198 cm³/mol. The first-order valence-corrected chi connectivity index (χ1v) is 16.3. The second-order valence-corrected chi connectivity index (χ2v) is 12.3. The van der Waals surface area contributed by atoms with E-state index in [1.807, 2.05) is 48.7 Å². The Morgan fingerprint density at radius 1 is 0.620 bits per heavy atom. The molecule has 10 rings (SSSR count). The third-order valence-corrected chi connectivity index (χ3v) is 9.44. The van der Waals surface area contributed by atoms with Crippen molar-refractivity contribution in [1.82, 2.24) is 14.1 Å². The van der Waals surface area contributed by atoms with Gasteiger partial charge in [-0.1, -0.05) is 84.0 Å². The molecule has 0 spiro atoms. The zero-order valence-electron chi connectivity index (χ0n) is 26.9. The minimum absolute atomic E-state index is 0. The molecule has 0 fully saturated rings. The largest absolute Gasteiger partial charge is 2.00 e. The van der Waals surface area contributed by atoms with Crippen molar-refractivity contribution in [1.29, 1.82) is 0 Å². The fourth-order valence-electron chi connectivity index (χ4n) is 7.29. The van der Waals surface area contributed by atoms with E-state index in [0.29, 0.717) is 11.5 Å². The number of rotatable bonds is 5. The molecule has 0 unspecified atom stereocenters. The van der Waals surface area contributed by atoms with Crippen LogP contribution >= 0.6 is 0 Å². The Hall–Kier alpha value is -5.78. The molecule has 0 aliphatic carbocycles. The Balaban J connectivity index is 0.00000336. The molecule has 0 atom stereocenters. The Morgan fingerprint density at radius 2 is 1.26 bits per heavy atom. The fraction of sp³-hybridized carbons (Fsp3) is 0.0238. The van der Waals surface area contributed by atoms with E-state index in [9.17, 15) is 0 Å². The summed E-state index contributed by atoms with van der Waals surface area (Å²) in [5.74, 6) is 2.82. The van der Waals surface area contributed by atoms with Crippen molar-refractivity contribution in [2.24, 2.45) is 0 Å². The van der Waals surface area contributed by atoms with Crippen LogP contribution < -0.4 is 19.7 Å². The first kappa shape index (κ1) is 30.3. The number of fused-ring (bicyclic) bond motifs is 7. The van der Waals surface area contributed by atoms with Gasteiger partial charge < -0.3 is 23.3 Å². The number of nitrogens with zero attached hydrogens (tertiary/aromatic N) is 4. The van der Waals surface area contributed by atoms with E-state index in [1.54, 1.807) is 0 Å². The molecule has 0 bridgehead atoms. The van der Waals surface area contributed by atoms with Gasteiger partial charge in [-0.15, -0.1) is 41.2 Å². The maximum Gasteiger partial charge on any atom is 2.00 e. The number of pyridine rings is 1. The molecule has 9 aromatic rings. The first-order chi connectivity index (χ1) is 24.2. The molecule has 8 heteroatoms. The number of benzene rings is 6. The van der Waals surface area contributed by atoms with Gasteiger partial charge >= 0.3 is 28.1 Å². The zero-order chi connectivity index (χ0) is 32.5. The molecule has 0 saturated heterocycles. The molecule has 0 N–H and O–H groups in total. The van der Waals surface area contributed by atoms with Crippen LogP contribution in [-0.2, 0) is 21.1 Å². The number of para-hydroxylation sites is 5. The van der Waals surface area contributed by atoms with Gasteiger partial charge in [0.25, 0.3) is 0 Å². The third kappa shape index (κ3) is 4.73. The maximum atomic E-state index is 6.72. The summed E-state index contributed by atoms with van der Waals surface area (Å²) in [5.41, 5.74) is 7.03. The van der Waals surface area contributed by atoms with E-state index in [-0.39, 0.29) is 28.1 Å². The molecule has 6 aromatic carbocycles. The topological polar surface area (TPSA) is 44.5 Å². The van der Waals surface area contributed by atoms with Crippen LogP contribution in [0.4, 0.5) is 5.69 Å². The van der Waals surface area contributed by atoms with Crippen molar-refractivity contribution >= 4 is 61.8 Å². The van der Waals surface area contributed by atoms with Crippen LogP contribution in [0, 0.1) is 12.1 Å². The summed E-state index contributed by atoms with van der Waals surface area (Å²) in [6, 6.07) is 54.9. The number of hydrogen-bond donors (Lipinski definition) is 0. The molecule has 1 aliphatic rings. The Kier molecular flexibility index (Phi) is 7.25. The van der Waals surface area contributed by atoms with E-state index >= 15 is 0 Å². The van der Waals surface area contributed by atoms with Crippen LogP contribution in [0.25, 0.3) is 55.1 Å². The number of hydrogen-bond acceptors (Lipinski definition) is 4. The van der Waals surface area contributed by atoms with Crippen LogP contribution in [0.2, 0.25) is 0 Å².